The molecule has 0 fully saturated rings. The number of nitrogens with one attached hydrogen (secondary N) is 1. The van der Waals surface area contributed by atoms with E-state index in [1.807, 2.05) is 44.2 Å². The van der Waals surface area contributed by atoms with Crippen molar-refractivity contribution in [2.75, 3.05) is 25.5 Å². The second kappa shape index (κ2) is 11.7. The highest BCUT2D eigenvalue weighted by molar-refractivity contribution is 7.99. The first-order valence-corrected chi connectivity index (χ1v) is 13.3. The number of imidazole rings is 1. The van der Waals surface area contributed by atoms with E-state index < -0.39 is 0 Å². The summed E-state index contributed by atoms with van der Waals surface area (Å²) in [6.45, 7) is 4.32. The summed E-state index contributed by atoms with van der Waals surface area (Å²) < 4.78 is 22.0. The monoisotopic (exact) mass is 564 g/mol. The van der Waals surface area contributed by atoms with Crippen LogP contribution < -0.4 is 18.9 Å². The number of rotatable bonds is 10. The van der Waals surface area contributed by atoms with Crippen LogP contribution in [0.2, 0.25) is 5.15 Å². The van der Waals surface area contributed by atoms with Gasteiger partial charge in [0.15, 0.2) is 28.1 Å². The molecule has 0 aliphatic heterocycles. The molecule has 39 heavy (non-hydrogen) atoms. The van der Waals surface area contributed by atoms with E-state index in [1.54, 1.807) is 37.2 Å². The van der Waals surface area contributed by atoms with Crippen LogP contribution in [0, 0.1) is 6.92 Å². The third-order valence-electron chi connectivity index (χ3n) is 5.53. The largest absolute Gasteiger partial charge is 0.494 e. The summed E-state index contributed by atoms with van der Waals surface area (Å²) in [5.41, 5.74) is 2.88. The zero-order valence-corrected chi connectivity index (χ0v) is 23.2. The van der Waals surface area contributed by atoms with Crippen molar-refractivity contribution < 1.29 is 14.2 Å². The first-order valence-electron chi connectivity index (χ1n) is 11.9. The van der Waals surface area contributed by atoms with Crippen LogP contribution in [0.1, 0.15) is 18.3 Å². The molecule has 1 aromatic carbocycles. The fourth-order valence-electron chi connectivity index (χ4n) is 3.80. The molecule has 1 N–H and O–H groups in total. The Morgan fingerprint density at radius 1 is 0.949 bits per heavy atom. The molecule has 0 spiro atoms. The number of methoxy groups -OCH3 is 2. The molecule has 0 atom stereocenters. The van der Waals surface area contributed by atoms with Gasteiger partial charge in [-0.25, -0.2) is 29.9 Å². The van der Waals surface area contributed by atoms with Gasteiger partial charge in [-0.15, -0.1) is 0 Å². The maximum absolute atomic E-state index is 6.53. The van der Waals surface area contributed by atoms with Crippen molar-refractivity contribution in [2.45, 2.75) is 19.6 Å². The van der Waals surface area contributed by atoms with Gasteiger partial charge in [-0.05, 0) is 49.6 Å². The Morgan fingerprint density at radius 2 is 1.67 bits per heavy atom. The number of hydrogen-bond acceptors (Lipinski definition) is 11. The summed E-state index contributed by atoms with van der Waals surface area (Å²) in [5, 5.41) is 0.166. The molecule has 4 aromatic heterocycles. The second-order valence-corrected chi connectivity index (χ2v) is 9.29. The van der Waals surface area contributed by atoms with Gasteiger partial charge in [0.25, 0.3) is 0 Å². The van der Waals surface area contributed by atoms with Crippen LogP contribution in [-0.4, -0.2) is 55.3 Å². The average molecular weight is 565 g/mol. The number of anilines is 1. The van der Waals surface area contributed by atoms with Gasteiger partial charge in [-0.1, -0.05) is 23.7 Å². The summed E-state index contributed by atoms with van der Waals surface area (Å²) in [6, 6.07) is 11.0. The predicted molar refractivity (Wildman–Crippen MR) is 151 cm³/mol. The van der Waals surface area contributed by atoms with Gasteiger partial charge in [0.05, 0.1) is 26.6 Å². The summed E-state index contributed by atoms with van der Waals surface area (Å²) in [6.07, 6.45) is 3.55. The number of ether oxygens (including phenoxy) is 3. The molecule has 200 valence electrons. The summed E-state index contributed by atoms with van der Waals surface area (Å²) in [7, 11) is 3.18. The lowest BCUT2D eigenvalue weighted by molar-refractivity contribution is 0.327. The van der Waals surface area contributed by atoms with Crippen molar-refractivity contribution in [3.05, 3.63) is 65.3 Å². The van der Waals surface area contributed by atoms with E-state index in [2.05, 4.69) is 24.7 Å². The molecule has 0 radical (unpaired) electrons. The number of aromatic nitrogens is 7. The van der Waals surface area contributed by atoms with Crippen LogP contribution in [0.15, 0.2) is 48.8 Å². The van der Waals surface area contributed by atoms with Gasteiger partial charge in [0.2, 0.25) is 5.88 Å². The number of fused-ring (bicyclic) bond motifs is 1. The fraction of sp³-hybridized carbons (Fsp3) is 0.231. The maximum Gasteiger partial charge on any atom is 0.213 e. The molecule has 0 amide bonds. The molecule has 0 saturated heterocycles. The van der Waals surface area contributed by atoms with Crippen LogP contribution in [0.3, 0.4) is 0 Å². The van der Waals surface area contributed by atoms with Crippen molar-refractivity contribution in [3.63, 3.8) is 0 Å². The Morgan fingerprint density at radius 3 is 2.36 bits per heavy atom. The topological polar surface area (TPSA) is 122 Å². The quantitative estimate of drug-likeness (QED) is 0.222. The third-order valence-corrected chi connectivity index (χ3v) is 6.53. The van der Waals surface area contributed by atoms with Crippen molar-refractivity contribution in [1.29, 1.82) is 0 Å². The Kier molecular flexibility index (Phi) is 7.94. The molecule has 11 nitrogen and oxygen atoms in total. The Bertz CT molecular complexity index is 1590. The van der Waals surface area contributed by atoms with E-state index in [0.717, 1.165) is 5.56 Å². The molecule has 0 bridgehead atoms. The molecule has 0 aliphatic rings. The number of para-hydroxylation sites is 1. The van der Waals surface area contributed by atoms with Crippen LogP contribution in [0.5, 0.6) is 17.4 Å². The van der Waals surface area contributed by atoms with Crippen LogP contribution >= 0.6 is 23.5 Å². The minimum Gasteiger partial charge on any atom is -0.494 e. The standard InChI is InChI=1S/C26H25ClN8O3S/c1-5-38-20-11-6-8-16(30-20)25-33-24-26(35(25)21-17(36-3)9-7-10-18(21)37-4)32-23(22(27)31-24)34-39-14-19-28-12-15(2)13-29-19/h6-13H,5,14H2,1-4H3,(H,32,34). The molecule has 5 aromatic rings. The number of hydrogen-bond donors (Lipinski definition) is 1. The van der Waals surface area contributed by atoms with E-state index in [1.165, 1.54) is 11.9 Å². The lowest BCUT2D eigenvalue weighted by atomic mass is 10.2. The molecule has 5 rings (SSSR count). The molecular formula is C26H25ClN8O3S. The zero-order valence-electron chi connectivity index (χ0n) is 21.7. The number of nitrogens with zero attached hydrogens (tertiary/aromatic N) is 7. The first-order chi connectivity index (χ1) is 19.0. The van der Waals surface area contributed by atoms with Crippen LogP contribution in [0.25, 0.3) is 28.5 Å². The number of aryl methyl sites for hydroxylation is 1. The SMILES string of the molecule is CCOc1cccc(-c2nc3nc(Cl)c(NSCc4ncc(C)cn4)nc3n2-c2c(OC)cccc2OC)n1. The lowest BCUT2D eigenvalue weighted by Gasteiger charge is -2.16. The average Bonchev–Trinajstić information content (AvgIpc) is 3.31. The normalized spacial score (nSPS) is 11.0. The van der Waals surface area contributed by atoms with Gasteiger partial charge in [0.1, 0.15) is 28.7 Å². The highest BCUT2D eigenvalue weighted by atomic mass is 35.5. The Labute approximate surface area is 234 Å². The van der Waals surface area contributed by atoms with Gasteiger partial charge >= 0.3 is 0 Å². The van der Waals surface area contributed by atoms with E-state index in [0.29, 0.717) is 69.9 Å². The Balaban J connectivity index is 1.64. The molecule has 13 heteroatoms. The van der Waals surface area contributed by atoms with Crippen molar-refractivity contribution in [1.82, 2.24) is 34.5 Å². The third kappa shape index (κ3) is 5.52. The van der Waals surface area contributed by atoms with Crippen LogP contribution in [0.4, 0.5) is 5.82 Å². The molecule has 0 aliphatic carbocycles. The smallest absolute Gasteiger partial charge is 0.213 e. The minimum absolute atomic E-state index is 0.166. The zero-order chi connectivity index (χ0) is 27.4. The summed E-state index contributed by atoms with van der Waals surface area (Å²) in [5.74, 6) is 3.56. The molecule has 4 heterocycles. The van der Waals surface area contributed by atoms with Crippen molar-refractivity contribution in [2.24, 2.45) is 0 Å². The summed E-state index contributed by atoms with van der Waals surface area (Å²) >= 11 is 7.87. The number of pyridine rings is 1. The first kappa shape index (κ1) is 26.4. The lowest BCUT2D eigenvalue weighted by Crippen LogP contribution is -2.06. The van der Waals surface area contributed by atoms with Crippen LogP contribution in [-0.2, 0) is 5.75 Å². The summed E-state index contributed by atoms with van der Waals surface area (Å²) in [4.78, 5) is 27.4. The van der Waals surface area contributed by atoms with Gasteiger partial charge in [-0.3, -0.25) is 4.57 Å². The highest BCUT2D eigenvalue weighted by Gasteiger charge is 2.25. The van der Waals surface area contributed by atoms with E-state index in [-0.39, 0.29) is 5.15 Å². The molecular weight excluding hydrogens is 540 g/mol. The van der Waals surface area contributed by atoms with Gasteiger partial charge < -0.3 is 18.9 Å². The highest BCUT2D eigenvalue weighted by Crippen LogP contribution is 2.38. The van der Waals surface area contributed by atoms with E-state index in [9.17, 15) is 0 Å². The van der Waals surface area contributed by atoms with Crippen molar-refractivity contribution >= 4 is 40.7 Å². The van der Waals surface area contributed by atoms with E-state index in [4.69, 9.17) is 35.8 Å². The second-order valence-electron chi connectivity index (χ2n) is 8.15. The van der Waals surface area contributed by atoms with Gasteiger partial charge in [-0.2, -0.15) is 0 Å². The fourth-order valence-corrected chi connectivity index (χ4v) is 4.66. The molecule has 0 saturated carbocycles. The number of benzene rings is 1. The van der Waals surface area contributed by atoms with Crippen molar-refractivity contribution in [3.8, 4) is 34.6 Å². The van der Waals surface area contributed by atoms with E-state index >= 15 is 0 Å². The Hall–Kier alpha value is -4.16. The molecule has 0 unspecified atom stereocenters. The maximum atomic E-state index is 6.53. The predicted octanol–water partition coefficient (Wildman–Crippen LogP) is 5.31. The minimum atomic E-state index is 0.166. The van der Waals surface area contributed by atoms with Gasteiger partial charge in [0, 0.05) is 18.5 Å². The number of halogens is 1.